The van der Waals surface area contributed by atoms with Gasteiger partial charge in [-0.25, -0.2) is 4.39 Å². The van der Waals surface area contributed by atoms with Gasteiger partial charge in [0.15, 0.2) is 0 Å². The van der Waals surface area contributed by atoms with Gasteiger partial charge < -0.3 is 11.1 Å². The average molecular weight is 246 g/mol. The zero-order valence-corrected chi connectivity index (χ0v) is 10.1. The van der Waals surface area contributed by atoms with Crippen LogP contribution in [0.2, 0.25) is 0 Å². The molecule has 0 saturated heterocycles. The number of nitrogens with zero attached hydrogens (tertiary/aromatic N) is 2. The van der Waals surface area contributed by atoms with Crippen LogP contribution in [0.3, 0.4) is 0 Å². The molecule has 1 heterocycles. The van der Waals surface area contributed by atoms with E-state index in [1.54, 1.807) is 24.3 Å². The Labute approximate surface area is 105 Å². The predicted molar refractivity (Wildman–Crippen MR) is 69.6 cm³/mol. The van der Waals surface area contributed by atoms with Crippen LogP contribution < -0.4 is 11.1 Å². The molecule has 5 heteroatoms. The molecule has 1 aromatic heterocycles. The molecule has 1 unspecified atom stereocenters. The SMILES string of the molecule is CC(CN)Nc1ccc(-c2cccc(F)c2)nn1. The number of anilines is 1. The summed E-state index contributed by atoms with van der Waals surface area (Å²) in [4.78, 5) is 0. The highest BCUT2D eigenvalue weighted by atomic mass is 19.1. The fourth-order valence-electron chi connectivity index (χ4n) is 1.52. The lowest BCUT2D eigenvalue weighted by Gasteiger charge is -2.11. The first-order valence-electron chi connectivity index (χ1n) is 5.75. The topological polar surface area (TPSA) is 63.8 Å². The van der Waals surface area contributed by atoms with Gasteiger partial charge >= 0.3 is 0 Å². The molecule has 0 spiro atoms. The van der Waals surface area contributed by atoms with Gasteiger partial charge in [-0.1, -0.05) is 12.1 Å². The van der Waals surface area contributed by atoms with Crippen LogP contribution in [0.1, 0.15) is 6.92 Å². The standard InChI is InChI=1S/C13H15FN4/c1-9(8-15)16-13-6-5-12(17-18-13)10-3-2-4-11(14)7-10/h2-7,9H,8,15H2,1H3,(H,16,18). The summed E-state index contributed by atoms with van der Waals surface area (Å²) < 4.78 is 13.1. The fraction of sp³-hybridized carbons (Fsp3) is 0.231. The van der Waals surface area contributed by atoms with Crippen molar-refractivity contribution < 1.29 is 4.39 Å². The van der Waals surface area contributed by atoms with Crippen molar-refractivity contribution in [2.75, 3.05) is 11.9 Å². The van der Waals surface area contributed by atoms with Crippen LogP contribution in [0.5, 0.6) is 0 Å². The van der Waals surface area contributed by atoms with Crippen molar-refractivity contribution in [3.63, 3.8) is 0 Å². The molecule has 0 radical (unpaired) electrons. The van der Waals surface area contributed by atoms with Crippen LogP contribution >= 0.6 is 0 Å². The second-order valence-electron chi connectivity index (χ2n) is 4.10. The summed E-state index contributed by atoms with van der Waals surface area (Å²) in [5.41, 5.74) is 6.85. The van der Waals surface area contributed by atoms with E-state index in [9.17, 15) is 4.39 Å². The van der Waals surface area contributed by atoms with Crippen LogP contribution in [-0.4, -0.2) is 22.8 Å². The van der Waals surface area contributed by atoms with Gasteiger partial charge in [0, 0.05) is 18.2 Å². The monoisotopic (exact) mass is 246 g/mol. The van der Waals surface area contributed by atoms with Crippen molar-refractivity contribution in [3.8, 4) is 11.3 Å². The second-order valence-corrected chi connectivity index (χ2v) is 4.10. The van der Waals surface area contributed by atoms with Crippen molar-refractivity contribution in [2.24, 2.45) is 5.73 Å². The lowest BCUT2D eigenvalue weighted by atomic mass is 10.1. The van der Waals surface area contributed by atoms with Gasteiger partial charge in [0.1, 0.15) is 11.6 Å². The van der Waals surface area contributed by atoms with Gasteiger partial charge in [0.25, 0.3) is 0 Å². The number of hydrogen-bond acceptors (Lipinski definition) is 4. The molecule has 0 aliphatic carbocycles. The van der Waals surface area contributed by atoms with Crippen molar-refractivity contribution in [1.82, 2.24) is 10.2 Å². The van der Waals surface area contributed by atoms with Crippen molar-refractivity contribution >= 4 is 5.82 Å². The molecule has 3 N–H and O–H groups in total. The Kier molecular flexibility index (Phi) is 3.84. The molecule has 0 saturated carbocycles. The maximum atomic E-state index is 13.1. The van der Waals surface area contributed by atoms with Crippen molar-refractivity contribution in [3.05, 3.63) is 42.2 Å². The molecule has 0 fully saturated rings. The van der Waals surface area contributed by atoms with E-state index in [1.165, 1.54) is 12.1 Å². The van der Waals surface area contributed by atoms with Crippen molar-refractivity contribution in [2.45, 2.75) is 13.0 Å². The Morgan fingerprint density at radius 3 is 2.72 bits per heavy atom. The minimum atomic E-state index is -0.284. The number of nitrogens with two attached hydrogens (primary N) is 1. The maximum Gasteiger partial charge on any atom is 0.148 e. The molecule has 18 heavy (non-hydrogen) atoms. The molecule has 94 valence electrons. The summed E-state index contributed by atoms with van der Waals surface area (Å²) in [5, 5.41) is 11.2. The van der Waals surface area contributed by atoms with E-state index < -0.39 is 0 Å². The molecule has 0 aliphatic rings. The van der Waals surface area contributed by atoms with Gasteiger partial charge in [0.2, 0.25) is 0 Å². The average Bonchev–Trinajstić information content (AvgIpc) is 2.39. The van der Waals surface area contributed by atoms with Crippen LogP contribution in [0.15, 0.2) is 36.4 Å². The van der Waals surface area contributed by atoms with Crippen LogP contribution in [0.25, 0.3) is 11.3 Å². The Balaban J connectivity index is 2.17. The van der Waals surface area contributed by atoms with Crippen molar-refractivity contribution in [1.29, 1.82) is 0 Å². The molecule has 2 aromatic rings. The van der Waals surface area contributed by atoms with Gasteiger partial charge in [-0.3, -0.25) is 0 Å². The van der Waals surface area contributed by atoms with E-state index >= 15 is 0 Å². The fourth-order valence-corrected chi connectivity index (χ4v) is 1.52. The third-order valence-electron chi connectivity index (χ3n) is 2.53. The molecule has 0 aliphatic heterocycles. The Bertz CT molecular complexity index is 513. The van der Waals surface area contributed by atoms with E-state index in [-0.39, 0.29) is 11.9 Å². The van der Waals surface area contributed by atoms with E-state index in [1.807, 2.05) is 6.92 Å². The summed E-state index contributed by atoms with van der Waals surface area (Å²) in [6.07, 6.45) is 0. The number of rotatable bonds is 4. The van der Waals surface area contributed by atoms with E-state index in [2.05, 4.69) is 15.5 Å². The van der Waals surface area contributed by atoms with Crippen LogP contribution in [0.4, 0.5) is 10.2 Å². The third kappa shape index (κ3) is 3.01. The largest absolute Gasteiger partial charge is 0.365 e. The summed E-state index contributed by atoms with van der Waals surface area (Å²) in [6, 6.07) is 10.0. The highest BCUT2D eigenvalue weighted by molar-refractivity contribution is 5.59. The number of nitrogens with one attached hydrogen (secondary N) is 1. The maximum absolute atomic E-state index is 13.1. The number of hydrogen-bond donors (Lipinski definition) is 2. The quantitative estimate of drug-likeness (QED) is 0.866. The highest BCUT2D eigenvalue weighted by Gasteiger charge is 2.04. The Morgan fingerprint density at radius 1 is 1.28 bits per heavy atom. The molecule has 0 bridgehead atoms. The molecular formula is C13H15FN4. The molecule has 1 atom stereocenters. The van der Waals surface area contributed by atoms with E-state index in [0.29, 0.717) is 23.6 Å². The van der Waals surface area contributed by atoms with Gasteiger partial charge in [0.05, 0.1) is 5.69 Å². The first kappa shape index (κ1) is 12.4. The summed E-state index contributed by atoms with van der Waals surface area (Å²) in [6.45, 7) is 2.48. The molecule has 2 rings (SSSR count). The third-order valence-corrected chi connectivity index (χ3v) is 2.53. The highest BCUT2D eigenvalue weighted by Crippen LogP contribution is 2.17. The lowest BCUT2D eigenvalue weighted by Crippen LogP contribution is -2.25. The molecule has 4 nitrogen and oxygen atoms in total. The zero-order chi connectivity index (χ0) is 13.0. The van der Waals surface area contributed by atoms with E-state index in [4.69, 9.17) is 5.73 Å². The molecular weight excluding hydrogens is 231 g/mol. The number of benzene rings is 1. The minimum absolute atomic E-state index is 0.138. The summed E-state index contributed by atoms with van der Waals surface area (Å²) in [5.74, 6) is 0.376. The Morgan fingerprint density at radius 2 is 2.11 bits per heavy atom. The number of aromatic nitrogens is 2. The Hall–Kier alpha value is -2.01. The van der Waals surface area contributed by atoms with Crippen LogP contribution in [-0.2, 0) is 0 Å². The number of halogens is 1. The molecule has 1 aromatic carbocycles. The summed E-state index contributed by atoms with van der Waals surface area (Å²) in [7, 11) is 0. The summed E-state index contributed by atoms with van der Waals surface area (Å²) >= 11 is 0. The first-order chi connectivity index (χ1) is 8.69. The van der Waals surface area contributed by atoms with Crippen LogP contribution in [0, 0.1) is 5.82 Å². The lowest BCUT2D eigenvalue weighted by molar-refractivity contribution is 0.628. The molecule has 0 amide bonds. The first-order valence-corrected chi connectivity index (χ1v) is 5.75. The second kappa shape index (κ2) is 5.55. The zero-order valence-electron chi connectivity index (χ0n) is 10.1. The minimum Gasteiger partial charge on any atom is -0.365 e. The van der Waals surface area contributed by atoms with Gasteiger partial charge in [-0.15, -0.1) is 10.2 Å². The van der Waals surface area contributed by atoms with Gasteiger partial charge in [-0.2, -0.15) is 0 Å². The predicted octanol–water partition coefficient (Wildman–Crippen LogP) is 2.04. The van der Waals surface area contributed by atoms with Gasteiger partial charge in [-0.05, 0) is 31.2 Å². The smallest absolute Gasteiger partial charge is 0.148 e. The van der Waals surface area contributed by atoms with E-state index in [0.717, 1.165) is 0 Å². The normalized spacial score (nSPS) is 12.2.